The average molecular weight is 435 g/mol. The zero-order valence-electron chi connectivity index (χ0n) is 12.7. The van der Waals surface area contributed by atoms with Crippen molar-refractivity contribution in [2.75, 3.05) is 0 Å². The summed E-state index contributed by atoms with van der Waals surface area (Å²) in [6.07, 6.45) is -2.00. The van der Waals surface area contributed by atoms with Crippen molar-refractivity contribution < 1.29 is 102 Å². The molecule has 0 bridgehead atoms. The molecule has 0 saturated carbocycles. The molecule has 1 aromatic rings. The van der Waals surface area contributed by atoms with E-state index >= 15 is 0 Å². The Morgan fingerprint density at radius 2 is 1.96 bits per heavy atom. The normalized spacial score (nSPS) is 13.3. The number of carbonyl (C=O) groups is 2. The zero-order chi connectivity index (χ0) is 17.8. The van der Waals surface area contributed by atoms with Crippen molar-refractivity contribution in [2.24, 2.45) is 0 Å². The number of hydrogen-bond donors (Lipinski definition) is 6. The fourth-order valence-corrected chi connectivity index (χ4v) is 2.06. The SMILES string of the molecule is CC(Cc1ccc(OP(=O)(O)O)c(O)c1)(NNC(=O)[O-])C(=O)O.[Rb+]. The number of amides is 1. The summed E-state index contributed by atoms with van der Waals surface area (Å²) >= 11 is 0. The number of benzene rings is 1. The topological polar surface area (TPSA) is 188 Å². The van der Waals surface area contributed by atoms with Gasteiger partial charge in [-0.1, -0.05) is 6.07 Å². The number of nitrogens with one attached hydrogen (secondary N) is 2. The maximum atomic E-state index is 11.3. The molecule has 0 fully saturated rings. The summed E-state index contributed by atoms with van der Waals surface area (Å²) in [6, 6.07) is 3.33. The molecule has 6 N–H and O–H groups in total. The first kappa shape index (κ1) is 23.5. The summed E-state index contributed by atoms with van der Waals surface area (Å²) in [5.74, 6) is -2.49. The molecule has 128 valence electrons. The van der Waals surface area contributed by atoms with Crippen LogP contribution in [0.2, 0.25) is 0 Å². The molecule has 0 saturated heterocycles. The van der Waals surface area contributed by atoms with Crippen molar-refractivity contribution in [3.8, 4) is 11.5 Å². The first-order chi connectivity index (χ1) is 10.4. The molecule has 13 heteroatoms. The Morgan fingerprint density at radius 1 is 1.38 bits per heavy atom. The first-order valence-electron chi connectivity index (χ1n) is 5.97. The number of phenols is 1. The van der Waals surface area contributed by atoms with Crippen LogP contribution in [0, 0.1) is 0 Å². The molecule has 24 heavy (non-hydrogen) atoms. The molecule has 11 nitrogen and oxygen atoms in total. The van der Waals surface area contributed by atoms with Gasteiger partial charge >= 0.3 is 72.0 Å². The van der Waals surface area contributed by atoms with E-state index in [2.05, 4.69) is 9.95 Å². The largest absolute Gasteiger partial charge is 1.00 e. The molecular weight excluding hydrogens is 421 g/mol. The van der Waals surface area contributed by atoms with Crippen LogP contribution in [0.4, 0.5) is 4.79 Å². The van der Waals surface area contributed by atoms with Gasteiger partial charge < -0.3 is 30.1 Å². The molecule has 0 aromatic heterocycles. The Morgan fingerprint density at radius 3 is 2.38 bits per heavy atom. The second-order valence-electron chi connectivity index (χ2n) is 4.74. The third-order valence-electron chi connectivity index (χ3n) is 2.71. The van der Waals surface area contributed by atoms with Crippen LogP contribution in [0.15, 0.2) is 18.2 Å². The first-order valence-corrected chi connectivity index (χ1v) is 7.50. The minimum atomic E-state index is -4.86. The molecule has 0 aliphatic heterocycles. The Kier molecular flexibility index (Phi) is 9.05. The molecule has 1 rings (SSSR count). The minimum Gasteiger partial charge on any atom is -0.529 e. The van der Waals surface area contributed by atoms with E-state index < -0.39 is 36.9 Å². The van der Waals surface area contributed by atoms with Gasteiger partial charge in [-0.15, -0.1) is 0 Å². The monoisotopic (exact) mass is 434 g/mol. The summed E-state index contributed by atoms with van der Waals surface area (Å²) in [7, 11) is -4.86. The van der Waals surface area contributed by atoms with Crippen molar-refractivity contribution in [1.82, 2.24) is 10.9 Å². The van der Waals surface area contributed by atoms with Crippen LogP contribution >= 0.6 is 7.82 Å². The molecule has 0 aliphatic rings. The quantitative estimate of drug-likeness (QED) is 0.181. The Bertz CT molecular complexity index is 665. The second kappa shape index (κ2) is 9.25. The van der Waals surface area contributed by atoms with E-state index in [-0.39, 0.29) is 70.2 Å². The number of phosphoric acid groups is 1. The third-order valence-corrected chi connectivity index (χ3v) is 3.15. The molecule has 0 spiro atoms. The molecular formula is C11H14N2O9PRb. The van der Waals surface area contributed by atoms with Gasteiger partial charge in [0.2, 0.25) is 0 Å². The van der Waals surface area contributed by atoms with Crippen LogP contribution in [0.1, 0.15) is 12.5 Å². The molecule has 0 radical (unpaired) electrons. The van der Waals surface area contributed by atoms with Gasteiger partial charge in [0.1, 0.15) is 11.6 Å². The molecule has 0 aliphatic carbocycles. The number of aromatic hydroxyl groups is 1. The number of phosphoric ester groups is 1. The number of aliphatic carboxylic acids is 1. The average Bonchev–Trinajstić information content (AvgIpc) is 2.38. The van der Waals surface area contributed by atoms with E-state index in [1.54, 1.807) is 5.43 Å². The van der Waals surface area contributed by atoms with Crippen LogP contribution in [-0.4, -0.2) is 37.6 Å². The van der Waals surface area contributed by atoms with Crippen LogP contribution in [0.25, 0.3) is 0 Å². The van der Waals surface area contributed by atoms with Crippen molar-refractivity contribution >= 4 is 19.9 Å². The van der Waals surface area contributed by atoms with Gasteiger partial charge in [0, 0.05) is 6.42 Å². The summed E-state index contributed by atoms with van der Waals surface area (Å²) < 4.78 is 14.9. The third kappa shape index (κ3) is 7.57. The summed E-state index contributed by atoms with van der Waals surface area (Å²) in [5, 5.41) is 29.2. The van der Waals surface area contributed by atoms with Crippen molar-refractivity contribution in [3.05, 3.63) is 23.8 Å². The fraction of sp³-hybridized carbons (Fsp3) is 0.273. The van der Waals surface area contributed by atoms with E-state index in [4.69, 9.17) is 9.79 Å². The standard InChI is InChI=1S/C11H15N2O9P.Rb/c1-11(9(15)16,13-12-10(17)18)5-6-2-3-8(7(14)4-6)22-23(19,20)21;/h2-4,12-14H,5H2,1H3,(H,15,16)(H,17,18)(H2,19,20,21);/q;+1/p-1. The van der Waals surface area contributed by atoms with Gasteiger partial charge in [0.15, 0.2) is 11.5 Å². The number of carboxylic acids is 1. The van der Waals surface area contributed by atoms with Crippen molar-refractivity contribution in [2.45, 2.75) is 18.9 Å². The number of hydrogen-bond acceptors (Lipinski definition) is 7. The molecule has 0 heterocycles. The molecule has 1 amide bonds. The Balaban J connectivity index is 0.00000529. The maximum Gasteiger partial charge on any atom is 1.00 e. The number of carbonyl (C=O) groups excluding carboxylic acids is 1. The van der Waals surface area contributed by atoms with Crippen LogP contribution in [0.3, 0.4) is 0 Å². The van der Waals surface area contributed by atoms with E-state index in [1.165, 1.54) is 13.0 Å². The zero-order valence-corrected chi connectivity index (χ0v) is 18.5. The van der Waals surface area contributed by atoms with Crippen LogP contribution in [-0.2, 0) is 15.8 Å². The van der Waals surface area contributed by atoms with E-state index in [0.717, 1.165) is 12.1 Å². The second-order valence-corrected chi connectivity index (χ2v) is 5.90. The predicted molar refractivity (Wildman–Crippen MR) is 72.2 cm³/mol. The number of phenolic OH excluding ortho intramolecular Hbond substituents is 1. The summed E-state index contributed by atoms with van der Waals surface area (Å²) in [6.45, 7) is 1.18. The van der Waals surface area contributed by atoms with Gasteiger partial charge in [0.05, 0.1) is 0 Å². The molecule has 1 atom stereocenters. The number of rotatable bonds is 7. The van der Waals surface area contributed by atoms with Crippen molar-refractivity contribution in [3.63, 3.8) is 0 Å². The number of carboxylic acid groups (broad SMARTS) is 2. The van der Waals surface area contributed by atoms with E-state index in [1.807, 2.05) is 0 Å². The van der Waals surface area contributed by atoms with Crippen LogP contribution in [0.5, 0.6) is 11.5 Å². The maximum absolute atomic E-state index is 11.3. The van der Waals surface area contributed by atoms with Crippen molar-refractivity contribution in [1.29, 1.82) is 0 Å². The summed E-state index contributed by atoms with van der Waals surface area (Å²) in [4.78, 5) is 38.9. The smallest absolute Gasteiger partial charge is 0.529 e. The van der Waals surface area contributed by atoms with Gasteiger partial charge in [-0.25, -0.2) is 9.99 Å². The molecule has 1 aromatic carbocycles. The summed E-state index contributed by atoms with van der Waals surface area (Å²) in [5.41, 5.74) is 2.16. The number of hydrazine groups is 1. The van der Waals surface area contributed by atoms with E-state index in [0.29, 0.717) is 0 Å². The van der Waals surface area contributed by atoms with E-state index in [9.17, 15) is 29.5 Å². The van der Waals surface area contributed by atoms with Gasteiger partial charge in [-0.3, -0.25) is 14.6 Å². The van der Waals surface area contributed by atoms with Crippen LogP contribution < -0.4 is 78.7 Å². The fourth-order valence-electron chi connectivity index (χ4n) is 1.65. The Hall–Kier alpha value is -0.525. The Labute approximate surface area is 185 Å². The predicted octanol–water partition coefficient (Wildman–Crippen LogP) is -4.31. The minimum absolute atomic E-state index is 0. The van der Waals surface area contributed by atoms with Gasteiger partial charge in [-0.2, -0.15) is 0 Å². The molecule has 1 unspecified atom stereocenters. The van der Waals surface area contributed by atoms with Gasteiger partial charge in [-0.05, 0) is 24.6 Å². The van der Waals surface area contributed by atoms with Gasteiger partial charge in [0.25, 0.3) is 0 Å².